The van der Waals surface area contributed by atoms with Crippen molar-refractivity contribution in [2.75, 3.05) is 11.9 Å². The molecule has 2 aromatic carbocycles. The minimum absolute atomic E-state index is 0.182. The zero-order valence-corrected chi connectivity index (χ0v) is 12.4. The van der Waals surface area contributed by atoms with E-state index >= 15 is 0 Å². The van der Waals surface area contributed by atoms with Crippen LogP contribution in [0.25, 0.3) is 0 Å². The van der Waals surface area contributed by atoms with Crippen LogP contribution in [0, 0.1) is 6.92 Å². The smallest absolute Gasteiger partial charge is 0.335 e. The number of hydrogen-bond acceptors (Lipinski definition) is 2. The van der Waals surface area contributed by atoms with Gasteiger partial charge in [-0.2, -0.15) is 0 Å². The van der Waals surface area contributed by atoms with E-state index in [1.54, 1.807) is 37.4 Å². The van der Waals surface area contributed by atoms with E-state index in [9.17, 15) is 9.59 Å². The van der Waals surface area contributed by atoms with Crippen molar-refractivity contribution in [1.82, 2.24) is 0 Å². The van der Waals surface area contributed by atoms with Gasteiger partial charge in [-0.05, 0) is 55.0 Å². The highest BCUT2D eigenvalue weighted by Crippen LogP contribution is 2.20. The largest absolute Gasteiger partial charge is 0.478 e. The number of nitrogens with zero attached hydrogens (tertiary/aromatic N) is 1. The van der Waals surface area contributed by atoms with Crippen molar-refractivity contribution in [1.29, 1.82) is 0 Å². The Bertz CT molecular complexity index is 695. The van der Waals surface area contributed by atoms with E-state index in [1.807, 2.05) is 6.92 Å². The second kappa shape index (κ2) is 5.97. The molecule has 21 heavy (non-hydrogen) atoms. The molecule has 0 fully saturated rings. The van der Waals surface area contributed by atoms with Gasteiger partial charge in [-0.15, -0.1) is 0 Å². The highest BCUT2D eigenvalue weighted by Gasteiger charge is 2.14. The number of hydrogen-bond donors (Lipinski definition) is 1. The molecular formula is C16H14ClNO3. The lowest BCUT2D eigenvalue weighted by Crippen LogP contribution is -2.26. The molecule has 108 valence electrons. The second-order valence-corrected chi connectivity index (χ2v) is 5.09. The molecule has 1 N–H and O–H groups in total. The van der Waals surface area contributed by atoms with Crippen LogP contribution in [0.5, 0.6) is 0 Å². The normalized spacial score (nSPS) is 10.2. The van der Waals surface area contributed by atoms with Crippen LogP contribution in [0.1, 0.15) is 26.3 Å². The first kappa shape index (κ1) is 15.1. The van der Waals surface area contributed by atoms with Gasteiger partial charge in [0.25, 0.3) is 5.91 Å². The van der Waals surface area contributed by atoms with Gasteiger partial charge in [0.15, 0.2) is 0 Å². The molecule has 2 rings (SSSR count). The van der Waals surface area contributed by atoms with E-state index in [-0.39, 0.29) is 11.5 Å². The SMILES string of the molecule is Cc1cc(C(=O)N(C)c2ccc(C(=O)O)cc2)ccc1Cl. The van der Waals surface area contributed by atoms with E-state index in [0.717, 1.165) is 5.56 Å². The molecule has 0 saturated carbocycles. The molecule has 0 saturated heterocycles. The first-order chi connectivity index (χ1) is 9.90. The maximum Gasteiger partial charge on any atom is 0.335 e. The Hall–Kier alpha value is -2.33. The molecule has 0 atom stereocenters. The standard InChI is InChI=1S/C16H14ClNO3/c1-10-9-12(5-8-14(10)17)15(19)18(2)13-6-3-11(4-7-13)16(20)21/h3-9H,1-2H3,(H,20,21). The minimum Gasteiger partial charge on any atom is -0.478 e. The molecule has 0 heterocycles. The molecule has 0 aliphatic heterocycles. The fourth-order valence-electron chi connectivity index (χ4n) is 1.92. The van der Waals surface area contributed by atoms with Crippen LogP contribution in [0.2, 0.25) is 5.02 Å². The predicted octanol–water partition coefficient (Wildman–Crippen LogP) is 3.62. The molecule has 0 unspecified atom stereocenters. The third-order valence-corrected chi connectivity index (χ3v) is 3.64. The number of carbonyl (C=O) groups excluding carboxylic acids is 1. The van der Waals surface area contributed by atoms with Gasteiger partial charge in [0.1, 0.15) is 0 Å². The van der Waals surface area contributed by atoms with Gasteiger partial charge in [-0.25, -0.2) is 4.79 Å². The van der Waals surface area contributed by atoms with Crippen molar-refractivity contribution in [3.05, 3.63) is 64.2 Å². The number of anilines is 1. The number of aromatic carboxylic acids is 1. The number of carbonyl (C=O) groups is 2. The summed E-state index contributed by atoms with van der Waals surface area (Å²) in [4.78, 5) is 24.7. The van der Waals surface area contributed by atoms with Gasteiger partial charge in [0.2, 0.25) is 0 Å². The van der Waals surface area contributed by atoms with E-state index in [2.05, 4.69) is 0 Å². The zero-order valence-electron chi connectivity index (χ0n) is 11.6. The molecule has 0 bridgehead atoms. The fourth-order valence-corrected chi connectivity index (χ4v) is 2.03. The van der Waals surface area contributed by atoms with Gasteiger partial charge in [0, 0.05) is 23.3 Å². The molecular weight excluding hydrogens is 290 g/mol. The summed E-state index contributed by atoms with van der Waals surface area (Å²) in [6.07, 6.45) is 0. The van der Waals surface area contributed by atoms with Gasteiger partial charge in [-0.3, -0.25) is 4.79 Å². The highest BCUT2D eigenvalue weighted by molar-refractivity contribution is 6.31. The third kappa shape index (κ3) is 3.23. The summed E-state index contributed by atoms with van der Waals surface area (Å²) < 4.78 is 0. The Morgan fingerprint density at radius 1 is 1.05 bits per heavy atom. The zero-order chi connectivity index (χ0) is 15.6. The predicted molar refractivity (Wildman–Crippen MR) is 82.3 cm³/mol. The first-order valence-electron chi connectivity index (χ1n) is 6.27. The van der Waals surface area contributed by atoms with Crippen molar-refractivity contribution in [3.8, 4) is 0 Å². The number of rotatable bonds is 3. The van der Waals surface area contributed by atoms with Crippen LogP contribution in [0.3, 0.4) is 0 Å². The number of carboxylic acid groups (broad SMARTS) is 1. The first-order valence-corrected chi connectivity index (χ1v) is 6.65. The summed E-state index contributed by atoms with van der Waals surface area (Å²) in [5.74, 6) is -1.18. The molecule has 0 aromatic heterocycles. The topological polar surface area (TPSA) is 57.6 Å². The Morgan fingerprint density at radius 2 is 1.62 bits per heavy atom. The van der Waals surface area contributed by atoms with Crippen LogP contribution in [0.4, 0.5) is 5.69 Å². The summed E-state index contributed by atoms with van der Waals surface area (Å²) in [7, 11) is 1.64. The Morgan fingerprint density at radius 3 is 2.14 bits per heavy atom. The monoisotopic (exact) mass is 303 g/mol. The van der Waals surface area contributed by atoms with Crippen LogP contribution in [-0.4, -0.2) is 24.0 Å². The van der Waals surface area contributed by atoms with E-state index in [4.69, 9.17) is 16.7 Å². The van der Waals surface area contributed by atoms with Crippen molar-refractivity contribution in [3.63, 3.8) is 0 Å². The number of halogens is 1. The van der Waals surface area contributed by atoms with Crippen LogP contribution >= 0.6 is 11.6 Å². The molecule has 0 aliphatic rings. The summed E-state index contributed by atoms with van der Waals surface area (Å²) in [6.45, 7) is 1.83. The Balaban J connectivity index is 2.25. The number of amides is 1. The number of aryl methyl sites for hydroxylation is 1. The quantitative estimate of drug-likeness (QED) is 0.942. The second-order valence-electron chi connectivity index (χ2n) is 4.68. The van der Waals surface area contributed by atoms with Crippen LogP contribution < -0.4 is 4.90 Å². The molecule has 4 nitrogen and oxygen atoms in total. The molecule has 1 amide bonds. The summed E-state index contributed by atoms with van der Waals surface area (Å²) in [5.41, 5.74) is 2.17. The minimum atomic E-state index is -0.996. The van der Waals surface area contributed by atoms with Gasteiger partial charge >= 0.3 is 5.97 Å². The van der Waals surface area contributed by atoms with E-state index in [1.165, 1.54) is 17.0 Å². The molecule has 2 aromatic rings. The Kier molecular flexibility index (Phi) is 4.29. The summed E-state index contributed by atoms with van der Waals surface area (Å²) >= 11 is 5.95. The maximum absolute atomic E-state index is 12.4. The van der Waals surface area contributed by atoms with Gasteiger partial charge < -0.3 is 10.0 Å². The molecule has 5 heteroatoms. The summed E-state index contributed by atoms with van der Waals surface area (Å²) in [5, 5.41) is 9.48. The van der Waals surface area contributed by atoms with Crippen molar-refractivity contribution >= 4 is 29.2 Å². The maximum atomic E-state index is 12.4. The van der Waals surface area contributed by atoms with Crippen molar-refractivity contribution in [2.45, 2.75) is 6.92 Å². The number of carboxylic acids is 1. The average molecular weight is 304 g/mol. The highest BCUT2D eigenvalue weighted by atomic mass is 35.5. The summed E-state index contributed by atoms with van der Waals surface area (Å²) in [6, 6.07) is 11.2. The van der Waals surface area contributed by atoms with Gasteiger partial charge in [0.05, 0.1) is 5.56 Å². The average Bonchev–Trinajstić information content (AvgIpc) is 2.48. The lowest BCUT2D eigenvalue weighted by Gasteiger charge is -2.18. The molecule has 0 radical (unpaired) electrons. The van der Waals surface area contributed by atoms with Crippen molar-refractivity contribution in [2.24, 2.45) is 0 Å². The van der Waals surface area contributed by atoms with E-state index in [0.29, 0.717) is 16.3 Å². The van der Waals surface area contributed by atoms with Gasteiger partial charge in [-0.1, -0.05) is 11.6 Å². The lowest BCUT2D eigenvalue weighted by atomic mass is 10.1. The lowest BCUT2D eigenvalue weighted by molar-refractivity contribution is 0.0696. The van der Waals surface area contributed by atoms with E-state index < -0.39 is 5.97 Å². The van der Waals surface area contributed by atoms with Crippen LogP contribution in [0.15, 0.2) is 42.5 Å². The molecule has 0 spiro atoms. The fraction of sp³-hybridized carbons (Fsp3) is 0.125. The number of benzene rings is 2. The Labute approximate surface area is 127 Å². The van der Waals surface area contributed by atoms with Crippen molar-refractivity contribution < 1.29 is 14.7 Å². The molecule has 0 aliphatic carbocycles. The van der Waals surface area contributed by atoms with Crippen LogP contribution in [-0.2, 0) is 0 Å². The third-order valence-electron chi connectivity index (χ3n) is 3.21.